The van der Waals surface area contributed by atoms with Gasteiger partial charge in [0, 0.05) is 24.0 Å². The van der Waals surface area contributed by atoms with Gasteiger partial charge in [0.1, 0.15) is 17.5 Å². The molecule has 3 aromatic rings. The molecule has 1 aliphatic carbocycles. The fourth-order valence-electron chi connectivity index (χ4n) is 4.88. The van der Waals surface area contributed by atoms with E-state index in [4.69, 9.17) is 14.2 Å². The number of para-hydroxylation sites is 1. The summed E-state index contributed by atoms with van der Waals surface area (Å²) in [6, 6.07) is 11.8. The molecule has 0 bridgehead atoms. The fourth-order valence-corrected chi connectivity index (χ4v) is 4.88. The average Bonchev–Trinajstić information content (AvgIpc) is 2.97. The smallest absolute Gasteiger partial charge is 0.275 e. The standard InChI is InChI=1S/C29H34N4O5/c1-36-24-12-8-7-9-21(24)19-33(29(35)23-18-30-15-16-31-23)27(28(34)32-22-10-5-4-6-11-22)20-13-14-25(37-2)26(17-20)38-3/h7-9,12-18,22,27H,4-6,10-11,19H2,1-3H3,(H,32,34). The molecular weight excluding hydrogens is 484 g/mol. The maximum absolute atomic E-state index is 14.0. The zero-order valence-corrected chi connectivity index (χ0v) is 22.1. The summed E-state index contributed by atoms with van der Waals surface area (Å²) in [7, 11) is 4.67. The van der Waals surface area contributed by atoms with Crippen molar-refractivity contribution in [3.05, 3.63) is 77.9 Å². The van der Waals surface area contributed by atoms with Crippen LogP contribution < -0.4 is 19.5 Å². The molecule has 1 heterocycles. The van der Waals surface area contributed by atoms with Gasteiger partial charge in [0.05, 0.1) is 34.1 Å². The highest BCUT2D eigenvalue weighted by atomic mass is 16.5. The van der Waals surface area contributed by atoms with Crippen LogP contribution in [0.4, 0.5) is 0 Å². The SMILES string of the molecule is COc1ccccc1CN(C(=O)c1cnccn1)C(C(=O)NC1CCCCC1)c1ccc(OC)c(OC)c1. The molecule has 1 unspecified atom stereocenters. The Bertz CT molecular complexity index is 1230. The Morgan fingerprint density at radius 3 is 2.37 bits per heavy atom. The number of carbonyl (C=O) groups is 2. The molecule has 0 spiro atoms. The molecule has 2 aromatic carbocycles. The van der Waals surface area contributed by atoms with Crippen molar-refractivity contribution in [3.8, 4) is 17.2 Å². The van der Waals surface area contributed by atoms with Crippen molar-refractivity contribution in [1.29, 1.82) is 0 Å². The van der Waals surface area contributed by atoms with E-state index in [9.17, 15) is 9.59 Å². The summed E-state index contributed by atoms with van der Waals surface area (Å²) in [6.07, 6.45) is 9.48. The number of rotatable bonds is 10. The third-order valence-electron chi connectivity index (χ3n) is 6.81. The summed E-state index contributed by atoms with van der Waals surface area (Å²) in [5.74, 6) is 0.908. The second-order valence-corrected chi connectivity index (χ2v) is 9.20. The molecule has 0 aliphatic heterocycles. The van der Waals surface area contributed by atoms with E-state index < -0.39 is 11.9 Å². The largest absolute Gasteiger partial charge is 0.496 e. The van der Waals surface area contributed by atoms with Crippen LogP contribution in [0.1, 0.15) is 59.8 Å². The first-order chi connectivity index (χ1) is 18.5. The van der Waals surface area contributed by atoms with E-state index in [0.717, 1.165) is 37.7 Å². The maximum Gasteiger partial charge on any atom is 0.275 e. The predicted molar refractivity (Wildman–Crippen MR) is 142 cm³/mol. The number of hydrogen-bond acceptors (Lipinski definition) is 7. The maximum atomic E-state index is 14.0. The van der Waals surface area contributed by atoms with Crippen LogP contribution in [0.5, 0.6) is 17.2 Å². The minimum atomic E-state index is -0.976. The summed E-state index contributed by atoms with van der Waals surface area (Å²) in [5.41, 5.74) is 1.48. The molecule has 0 radical (unpaired) electrons. The minimum Gasteiger partial charge on any atom is -0.496 e. The zero-order valence-electron chi connectivity index (χ0n) is 22.1. The van der Waals surface area contributed by atoms with Gasteiger partial charge in [-0.15, -0.1) is 0 Å². The number of benzene rings is 2. The Kier molecular flexibility index (Phi) is 9.13. The van der Waals surface area contributed by atoms with Gasteiger partial charge in [-0.25, -0.2) is 4.98 Å². The second-order valence-electron chi connectivity index (χ2n) is 9.20. The topological polar surface area (TPSA) is 103 Å². The third-order valence-corrected chi connectivity index (χ3v) is 6.81. The van der Waals surface area contributed by atoms with Crippen LogP contribution in [0, 0.1) is 0 Å². The fraction of sp³-hybridized carbons (Fsp3) is 0.379. The quantitative estimate of drug-likeness (QED) is 0.426. The van der Waals surface area contributed by atoms with Gasteiger partial charge in [0.2, 0.25) is 5.91 Å². The molecule has 38 heavy (non-hydrogen) atoms. The van der Waals surface area contributed by atoms with Crippen LogP contribution in [0.3, 0.4) is 0 Å². The minimum absolute atomic E-state index is 0.0543. The van der Waals surface area contributed by atoms with Crippen molar-refractivity contribution in [2.45, 2.75) is 50.7 Å². The monoisotopic (exact) mass is 518 g/mol. The normalized spacial score (nSPS) is 14.3. The van der Waals surface area contributed by atoms with E-state index in [1.54, 1.807) is 32.4 Å². The van der Waals surface area contributed by atoms with Gasteiger partial charge in [-0.1, -0.05) is 43.5 Å². The highest BCUT2D eigenvalue weighted by Gasteiger charge is 2.35. The average molecular weight is 519 g/mol. The van der Waals surface area contributed by atoms with Crippen molar-refractivity contribution < 1.29 is 23.8 Å². The molecule has 1 atom stereocenters. The molecule has 9 nitrogen and oxygen atoms in total. The van der Waals surface area contributed by atoms with Gasteiger partial charge in [0.25, 0.3) is 5.91 Å². The van der Waals surface area contributed by atoms with Crippen molar-refractivity contribution in [1.82, 2.24) is 20.2 Å². The van der Waals surface area contributed by atoms with E-state index in [-0.39, 0.29) is 24.2 Å². The molecule has 0 saturated heterocycles. The molecule has 2 amide bonds. The summed E-state index contributed by atoms with van der Waals surface area (Å²) in [4.78, 5) is 37.9. The van der Waals surface area contributed by atoms with Gasteiger partial charge in [-0.2, -0.15) is 0 Å². The Labute approximate surface area is 223 Å². The summed E-state index contributed by atoms with van der Waals surface area (Å²) in [6.45, 7) is 0.108. The van der Waals surface area contributed by atoms with Crippen molar-refractivity contribution in [2.24, 2.45) is 0 Å². The molecule has 1 saturated carbocycles. The lowest BCUT2D eigenvalue weighted by Gasteiger charge is -2.33. The summed E-state index contributed by atoms with van der Waals surface area (Å²) < 4.78 is 16.5. The first-order valence-electron chi connectivity index (χ1n) is 12.8. The van der Waals surface area contributed by atoms with E-state index >= 15 is 0 Å². The first-order valence-corrected chi connectivity index (χ1v) is 12.8. The van der Waals surface area contributed by atoms with Crippen LogP contribution in [0.2, 0.25) is 0 Å². The van der Waals surface area contributed by atoms with Crippen molar-refractivity contribution in [3.63, 3.8) is 0 Å². The van der Waals surface area contributed by atoms with Gasteiger partial charge in [-0.3, -0.25) is 14.6 Å². The number of amides is 2. The number of nitrogens with one attached hydrogen (secondary N) is 1. The lowest BCUT2D eigenvalue weighted by atomic mass is 9.94. The molecule has 1 N–H and O–H groups in total. The molecule has 9 heteroatoms. The van der Waals surface area contributed by atoms with Crippen LogP contribution in [0.15, 0.2) is 61.1 Å². The number of hydrogen-bond donors (Lipinski definition) is 1. The number of nitrogens with zero attached hydrogens (tertiary/aromatic N) is 3. The van der Waals surface area contributed by atoms with E-state index in [2.05, 4.69) is 15.3 Å². The summed E-state index contributed by atoms with van der Waals surface area (Å²) in [5, 5.41) is 3.21. The highest BCUT2D eigenvalue weighted by molar-refractivity contribution is 5.96. The highest BCUT2D eigenvalue weighted by Crippen LogP contribution is 2.34. The lowest BCUT2D eigenvalue weighted by Crippen LogP contribution is -2.47. The van der Waals surface area contributed by atoms with Crippen LogP contribution >= 0.6 is 0 Å². The first kappa shape index (κ1) is 26.9. The summed E-state index contributed by atoms with van der Waals surface area (Å²) >= 11 is 0. The zero-order chi connectivity index (χ0) is 26.9. The third kappa shape index (κ3) is 6.22. The Hall–Kier alpha value is -4.14. The number of aromatic nitrogens is 2. The van der Waals surface area contributed by atoms with E-state index in [1.165, 1.54) is 30.6 Å². The number of methoxy groups -OCH3 is 3. The Balaban J connectivity index is 1.82. The van der Waals surface area contributed by atoms with Gasteiger partial charge in [-0.05, 0) is 36.6 Å². The number of carbonyl (C=O) groups excluding carboxylic acids is 2. The molecule has 1 fully saturated rings. The van der Waals surface area contributed by atoms with Crippen LogP contribution in [0.25, 0.3) is 0 Å². The van der Waals surface area contributed by atoms with Gasteiger partial charge < -0.3 is 24.4 Å². The van der Waals surface area contributed by atoms with Gasteiger partial charge >= 0.3 is 0 Å². The second kappa shape index (κ2) is 12.9. The van der Waals surface area contributed by atoms with Crippen LogP contribution in [-0.2, 0) is 11.3 Å². The molecule has 4 rings (SSSR count). The molecular formula is C29H34N4O5. The van der Waals surface area contributed by atoms with Crippen LogP contribution in [-0.4, -0.2) is 54.1 Å². The van der Waals surface area contributed by atoms with E-state index in [0.29, 0.717) is 22.8 Å². The van der Waals surface area contributed by atoms with Crippen molar-refractivity contribution >= 4 is 11.8 Å². The number of ether oxygens (including phenoxy) is 3. The molecule has 200 valence electrons. The predicted octanol–water partition coefficient (Wildman–Crippen LogP) is 4.34. The molecule has 1 aliphatic rings. The van der Waals surface area contributed by atoms with Gasteiger partial charge in [0.15, 0.2) is 11.5 Å². The van der Waals surface area contributed by atoms with E-state index in [1.807, 2.05) is 24.3 Å². The Morgan fingerprint density at radius 2 is 1.68 bits per heavy atom. The Morgan fingerprint density at radius 1 is 0.947 bits per heavy atom. The lowest BCUT2D eigenvalue weighted by molar-refractivity contribution is -0.127. The van der Waals surface area contributed by atoms with Crippen molar-refractivity contribution in [2.75, 3.05) is 21.3 Å². The molecule has 1 aromatic heterocycles.